The Morgan fingerprint density at radius 3 is 2.39 bits per heavy atom. The molecule has 1 amide bonds. The maximum atomic E-state index is 11.9. The quantitative estimate of drug-likeness (QED) is 0.599. The van der Waals surface area contributed by atoms with Crippen molar-refractivity contribution in [2.75, 3.05) is 7.11 Å². The third kappa shape index (κ3) is 5.84. The van der Waals surface area contributed by atoms with Crippen molar-refractivity contribution in [3.63, 3.8) is 0 Å². The number of aromatic nitrogens is 3. The van der Waals surface area contributed by atoms with E-state index in [0.29, 0.717) is 11.8 Å². The number of alkyl carbamates (subject to hydrolysis) is 1. The van der Waals surface area contributed by atoms with Gasteiger partial charge in [0.25, 0.3) is 0 Å². The van der Waals surface area contributed by atoms with Gasteiger partial charge in [0, 0.05) is 17.2 Å². The molecular formula is C24H30N4O3. The van der Waals surface area contributed by atoms with Crippen LogP contribution in [-0.4, -0.2) is 33.5 Å². The summed E-state index contributed by atoms with van der Waals surface area (Å²) in [5.74, 6) is 0.849. The molecule has 164 valence electrons. The molecule has 1 N–H and O–H groups in total. The Bertz CT molecular complexity index is 1020. The van der Waals surface area contributed by atoms with Gasteiger partial charge >= 0.3 is 6.09 Å². The summed E-state index contributed by atoms with van der Waals surface area (Å²) in [6.07, 6.45) is 1.32. The van der Waals surface area contributed by atoms with E-state index >= 15 is 0 Å². The molecule has 7 heteroatoms. The van der Waals surface area contributed by atoms with Gasteiger partial charge in [-0.2, -0.15) is 5.10 Å². The number of methoxy groups -OCH3 is 1. The molecule has 7 nitrogen and oxygen atoms in total. The average molecular weight is 423 g/mol. The molecule has 1 aromatic carbocycles. The van der Waals surface area contributed by atoms with Crippen LogP contribution in [0.25, 0.3) is 16.9 Å². The fourth-order valence-electron chi connectivity index (χ4n) is 2.97. The minimum absolute atomic E-state index is 0.209. The number of benzene rings is 1. The van der Waals surface area contributed by atoms with Crippen LogP contribution in [0, 0.1) is 0 Å². The van der Waals surface area contributed by atoms with Gasteiger partial charge in [0.2, 0.25) is 5.88 Å². The Morgan fingerprint density at radius 2 is 1.84 bits per heavy atom. The second-order valence-electron chi connectivity index (χ2n) is 8.73. The largest absolute Gasteiger partial charge is 0.481 e. The molecule has 0 unspecified atom stereocenters. The molecular weight excluding hydrogens is 392 g/mol. The van der Waals surface area contributed by atoms with Crippen LogP contribution in [0.5, 0.6) is 5.88 Å². The summed E-state index contributed by atoms with van der Waals surface area (Å²) < 4.78 is 12.4. The lowest BCUT2D eigenvalue weighted by Crippen LogP contribution is -2.40. The van der Waals surface area contributed by atoms with Crippen molar-refractivity contribution in [2.24, 2.45) is 0 Å². The van der Waals surface area contributed by atoms with Crippen LogP contribution in [-0.2, 0) is 11.3 Å². The molecule has 0 radical (unpaired) electrons. The fourth-order valence-corrected chi connectivity index (χ4v) is 2.97. The lowest BCUT2D eigenvalue weighted by Gasteiger charge is -2.20. The maximum Gasteiger partial charge on any atom is 0.407 e. The third-order valence-corrected chi connectivity index (χ3v) is 4.59. The van der Waals surface area contributed by atoms with E-state index in [9.17, 15) is 4.79 Å². The highest BCUT2D eigenvalue weighted by Gasteiger charge is 2.16. The molecule has 0 fully saturated rings. The highest BCUT2D eigenvalue weighted by Crippen LogP contribution is 2.27. The molecule has 0 bridgehead atoms. The Morgan fingerprint density at radius 1 is 1.13 bits per heavy atom. The standard InChI is InChI=1S/C24H30N4O3/c1-16(2)20-13-21(28(27-20)19-11-12-22(30-6)25-14-19)18-9-7-17(8-10-18)15-31-23(29)26-24(3,4)5/h7-14,16H,15H2,1-6H3,(H,26,29). The van der Waals surface area contributed by atoms with Crippen molar-refractivity contribution in [3.8, 4) is 22.8 Å². The highest BCUT2D eigenvalue weighted by atomic mass is 16.5. The van der Waals surface area contributed by atoms with Gasteiger partial charge in [-0.25, -0.2) is 14.5 Å². The van der Waals surface area contributed by atoms with E-state index in [-0.39, 0.29) is 12.1 Å². The zero-order chi connectivity index (χ0) is 22.6. The number of ether oxygens (including phenoxy) is 2. The molecule has 3 aromatic rings. The molecule has 0 atom stereocenters. The molecule has 3 rings (SSSR count). The molecule has 2 aromatic heterocycles. The van der Waals surface area contributed by atoms with Crippen LogP contribution in [0.15, 0.2) is 48.7 Å². The first kappa shape index (κ1) is 22.3. The van der Waals surface area contributed by atoms with E-state index in [0.717, 1.165) is 28.2 Å². The van der Waals surface area contributed by atoms with Gasteiger partial charge in [0.1, 0.15) is 6.61 Å². The first-order chi connectivity index (χ1) is 14.7. The number of hydrogen-bond acceptors (Lipinski definition) is 5. The SMILES string of the molecule is COc1ccc(-n2nc(C(C)C)cc2-c2ccc(COC(=O)NC(C)(C)C)cc2)cn1. The number of nitrogens with one attached hydrogen (secondary N) is 1. The van der Waals surface area contributed by atoms with Crippen molar-refractivity contribution < 1.29 is 14.3 Å². The number of hydrogen-bond donors (Lipinski definition) is 1. The molecule has 0 saturated heterocycles. The number of amides is 1. The van der Waals surface area contributed by atoms with Crippen molar-refractivity contribution >= 4 is 6.09 Å². The number of pyridine rings is 1. The van der Waals surface area contributed by atoms with Gasteiger partial charge in [-0.1, -0.05) is 38.1 Å². The summed E-state index contributed by atoms with van der Waals surface area (Å²) in [4.78, 5) is 16.2. The summed E-state index contributed by atoms with van der Waals surface area (Å²) in [7, 11) is 1.59. The molecule has 2 heterocycles. The van der Waals surface area contributed by atoms with Crippen LogP contribution in [0.2, 0.25) is 0 Å². The smallest absolute Gasteiger partial charge is 0.407 e. The normalized spacial score (nSPS) is 11.5. The van der Waals surface area contributed by atoms with Gasteiger partial charge in [-0.05, 0) is 44.4 Å². The number of carbonyl (C=O) groups is 1. The van der Waals surface area contributed by atoms with Crippen molar-refractivity contribution in [3.05, 3.63) is 59.9 Å². The van der Waals surface area contributed by atoms with E-state index in [1.807, 2.05) is 61.9 Å². The van der Waals surface area contributed by atoms with Gasteiger partial charge in [-0.3, -0.25) is 0 Å². The average Bonchev–Trinajstić information content (AvgIpc) is 3.17. The summed E-state index contributed by atoms with van der Waals surface area (Å²) in [5, 5.41) is 7.57. The molecule has 0 spiro atoms. The first-order valence-electron chi connectivity index (χ1n) is 10.3. The summed E-state index contributed by atoms with van der Waals surface area (Å²) in [6, 6.07) is 13.8. The predicted octanol–water partition coefficient (Wildman–Crippen LogP) is 5.09. The maximum absolute atomic E-state index is 11.9. The molecule has 0 saturated carbocycles. The zero-order valence-electron chi connectivity index (χ0n) is 19.0. The predicted molar refractivity (Wildman–Crippen MR) is 121 cm³/mol. The second kappa shape index (κ2) is 9.20. The van der Waals surface area contributed by atoms with Crippen LogP contribution in [0.4, 0.5) is 4.79 Å². The van der Waals surface area contributed by atoms with E-state index in [1.54, 1.807) is 13.3 Å². The van der Waals surface area contributed by atoms with E-state index in [2.05, 4.69) is 30.2 Å². The Kier molecular flexibility index (Phi) is 6.63. The van der Waals surface area contributed by atoms with E-state index < -0.39 is 6.09 Å². The van der Waals surface area contributed by atoms with Crippen molar-refractivity contribution in [1.82, 2.24) is 20.1 Å². The zero-order valence-corrected chi connectivity index (χ0v) is 19.0. The topological polar surface area (TPSA) is 78.3 Å². The highest BCUT2D eigenvalue weighted by molar-refractivity contribution is 5.68. The molecule has 0 aliphatic heterocycles. The van der Waals surface area contributed by atoms with Gasteiger partial charge in [0.05, 0.1) is 30.4 Å². The van der Waals surface area contributed by atoms with Crippen LogP contribution < -0.4 is 10.1 Å². The first-order valence-corrected chi connectivity index (χ1v) is 10.3. The van der Waals surface area contributed by atoms with Crippen molar-refractivity contribution in [2.45, 2.75) is 52.7 Å². The summed E-state index contributed by atoms with van der Waals surface area (Å²) >= 11 is 0. The third-order valence-electron chi connectivity index (χ3n) is 4.59. The fraction of sp³-hybridized carbons (Fsp3) is 0.375. The van der Waals surface area contributed by atoms with E-state index in [1.165, 1.54) is 0 Å². The summed E-state index contributed by atoms with van der Waals surface area (Å²) in [5.41, 5.74) is 4.41. The minimum Gasteiger partial charge on any atom is -0.481 e. The van der Waals surface area contributed by atoms with E-state index in [4.69, 9.17) is 14.6 Å². The van der Waals surface area contributed by atoms with Gasteiger partial charge in [0.15, 0.2) is 0 Å². The second-order valence-corrected chi connectivity index (χ2v) is 8.73. The Labute approximate surface area is 183 Å². The lowest BCUT2D eigenvalue weighted by atomic mass is 10.1. The van der Waals surface area contributed by atoms with Crippen LogP contribution in [0.1, 0.15) is 51.8 Å². The molecule has 0 aliphatic carbocycles. The minimum atomic E-state index is -0.428. The van der Waals surface area contributed by atoms with Crippen LogP contribution in [0.3, 0.4) is 0 Å². The number of rotatable bonds is 6. The molecule has 0 aliphatic rings. The van der Waals surface area contributed by atoms with Gasteiger partial charge in [-0.15, -0.1) is 0 Å². The monoisotopic (exact) mass is 422 g/mol. The van der Waals surface area contributed by atoms with Crippen LogP contribution >= 0.6 is 0 Å². The molecule has 31 heavy (non-hydrogen) atoms. The van der Waals surface area contributed by atoms with Gasteiger partial charge < -0.3 is 14.8 Å². The Balaban J connectivity index is 1.82. The number of carbonyl (C=O) groups excluding carboxylic acids is 1. The lowest BCUT2D eigenvalue weighted by molar-refractivity contribution is 0.131. The number of nitrogens with zero attached hydrogens (tertiary/aromatic N) is 3. The van der Waals surface area contributed by atoms with Crippen molar-refractivity contribution in [1.29, 1.82) is 0 Å². The summed E-state index contributed by atoms with van der Waals surface area (Å²) in [6.45, 7) is 10.2. The Hall–Kier alpha value is -3.35.